The van der Waals surface area contributed by atoms with Gasteiger partial charge >= 0.3 is 11.9 Å². The average molecular weight is 460 g/mol. The van der Waals surface area contributed by atoms with E-state index < -0.39 is 17.8 Å². The highest BCUT2D eigenvalue weighted by Crippen LogP contribution is 2.34. The monoisotopic (exact) mass is 459 g/mol. The average Bonchev–Trinajstić information content (AvgIpc) is 3.25. The van der Waals surface area contributed by atoms with Gasteiger partial charge in [-0.1, -0.05) is 0 Å². The Balaban J connectivity index is 1.80. The molecule has 10 heteroatoms. The smallest absolute Gasteiger partial charge is 0.348 e. The van der Waals surface area contributed by atoms with Gasteiger partial charge in [0.25, 0.3) is 5.91 Å². The van der Waals surface area contributed by atoms with E-state index in [4.69, 9.17) is 14.2 Å². The van der Waals surface area contributed by atoms with Crippen molar-refractivity contribution in [3.8, 4) is 5.75 Å². The van der Waals surface area contributed by atoms with Crippen molar-refractivity contribution in [2.45, 2.75) is 40.7 Å². The number of thiophene rings is 1. The Morgan fingerprint density at radius 1 is 1.22 bits per heavy atom. The first-order valence-electron chi connectivity index (χ1n) is 10.1. The summed E-state index contributed by atoms with van der Waals surface area (Å²) in [7, 11) is 0. The largest absolute Gasteiger partial charge is 0.480 e. The lowest BCUT2D eigenvalue weighted by molar-refractivity contribution is -0.118. The number of carbonyl (C=O) groups is 3. The van der Waals surface area contributed by atoms with Gasteiger partial charge in [0, 0.05) is 12.4 Å². The van der Waals surface area contributed by atoms with E-state index in [2.05, 4.69) is 10.3 Å². The molecule has 0 bridgehead atoms. The minimum absolute atomic E-state index is 0.131. The van der Waals surface area contributed by atoms with Crippen LogP contribution in [-0.2, 0) is 14.3 Å². The van der Waals surface area contributed by atoms with Crippen LogP contribution in [0.2, 0.25) is 0 Å². The number of hydrogen-bond donors (Lipinski definition) is 1. The highest BCUT2D eigenvalue weighted by atomic mass is 32.1. The van der Waals surface area contributed by atoms with Crippen LogP contribution < -0.4 is 10.1 Å². The van der Waals surface area contributed by atoms with Crippen molar-refractivity contribution < 1.29 is 28.6 Å². The van der Waals surface area contributed by atoms with Crippen LogP contribution in [0.1, 0.15) is 52.1 Å². The molecule has 1 N–H and O–H groups in total. The lowest BCUT2D eigenvalue weighted by atomic mass is 10.1. The first kappa shape index (κ1) is 23.3. The molecule has 0 fully saturated rings. The molecule has 0 saturated carbocycles. The molecular weight excluding hydrogens is 434 g/mol. The molecule has 170 valence electrons. The molecule has 3 heterocycles. The Kier molecular flexibility index (Phi) is 7.14. The van der Waals surface area contributed by atoms with Crippen molar-refractivity contribution in [2.75, 3.05) is 18.5 Å². The van der Waals surface area contributed by atoms with Crippen LogP contribution in [0.25, 0.3) is 5.65 Å². The number of nitrogens with one attached hydrogen (secondary N) is 1. The predicted molar refractivity (Wildman–Crippen MR) is 120 cm³/mol. The number of ether oxygens (including phenoxy) is 3. The molecule has 3 aromatic rings. The minimum atomic E-state index is -0.626. The van der Waals surface area contributed by atoms with Crippen LogP contribution in [-0.4, -0.2) is 46.5 Å². The second-order valence-corrected chi connectivity index (χ2v) is 8.28. The standard InChI is InChI=1S/C22H25N3O6S/c1-6-29-21(27)17-14(5)18(22(28)31-12(2)3)32-20(17)24-16(26)11-30-15-8-7-9-25-10-13(4)23-19(15)25/h7-10,12H,6,11H2,1-5H3,(H,24,26). The van der Waals surface area contributed by atoms with Crippen LogP contribution >= 0.6 is 11.3 Å². The molecule has 32 heavy (non-hydrogen) atoms. The van der Waals surface area contributed by atoms with Crippen LogP contribution in [0.4, 0.5) is 5.00 Å². The van der Waals surface area contributed by atoms with Gasteiger partial charge < -0.3 is 23.9 Å². The molecule has 0 radical (unpaired) electrons. The summed E-state index contributed by atoms with van der Waals surface area (Å²) in [5.41, 5.74) is 1.94. The molecule has 0 aromatic carbocycles. The Morgan fingerprint density at radius 3 is 2.66 bits per heavy atom. The van der Waals surface area contributed by atoms with Crippen molar-refractivity contribution >= 4 is 39.8 Å². The molecule has 3 aromatic heterocycles. The molecule has 0 aliphatic heterocycles. The molecule has 0 aliphatic rings. The molecule has 0 aliphatic carbocycles. The third-order valence-corrected chi connectivity index (χ3v) is 5.52. The summed E-state index contributed by atoms with van der Waals surface area (Å²) in [5, 5.41) is 2.87. The number of carbonyl (C=O) groups excluding carboxylic acids is 3. The summed E-state index contributed by atoms with van der Waals surface area (Å²) in [6.07, 6.45) is 3.36. The number of hydrogen-bond acceptors (Lipinski definition) is 8. The number of aryl methyl sites for hydroxylation is 1. The van der Waals surface area contributed by atoms with Crippen molar-refractivity contribution in [2.24, 2.45) is 0 Å². The van der Waals surface area contributed by atoms with Crippen LogP contribution in [0.3, 0.4) is 0 Å². The number of aromatic nitrogens is 2. The minimum Gasteiger partial charge on any atom is -0.480 e. The van der Waals surface area contributed by atoms with Gasteiger partial charge in [-0.2, -0.15) is 0 Å². The van der Waals surface area contributed by atoms with Gasteiger partial charge in [0.2, 0.25) is 0 Å². The molecule has 3 rings (SSSR count). The summed E-state index contributed by atoms with van der Waals surface area (Å²) in [6, 6.07) is 3.50. The fourth-order valence-electron chi connectivity index (χ4n) is 3.04. The van der Waals surface area contributed by atoms with E-state index in [1.165, 1.54) is 0 Å². The first-order valence-corrected chi connectivity index (χ1v) is 10.9. The Labute approximate surface area is 189 Å². The number of fused-ring (bicyclic) bond motifs is 1. The maximum atomic E-state index is 12.6. The van der Waals surface area contributed by atoms with Gasteiger partial charge in [-0.3, -0.25) is 4.79 Å². The summed E-state index contributed by atoms with van der Waals surface area (Å²) < 4.78 is 17.8. The van der Waals surface area contributed by atoms with Crippen LogP contribution in [0, 0.1) is 13.8 Å². The van der Waals surface area contributed by atoms with Gasteiger partial charge in [-0.25, -0.2) is 14.6 Å². The second kappa shape index (κ2) is 9.82. The van der Waals surface area contributed by atoms with Crippen molar-refractivity contribution in [3.63, 3.8) is 0 Å². The maximum Gasteiger partial charge on any atom is 0.348 e. The van der Waals surface area contributed by atoms with Crippen LogP contribution in [0.15, 0.2) is 24.5 Å². The molecule has 0 atom stereocenters. The number of imidazole rings is 1. The first-order chi connectivity index (χ1) is 15.2. The van der Waals surface area contributed by atoms with E-state index >= 15 is 0 Å². The third kappa shape index (κ3) is 5.08. The number of anilines is 1. The predicted octanol–water partition coefficient (Wildman–Crippen LogP) is 3.77. The number of nitrogens with zero attached hydrogens (tertiary/aromatic N) is 2. The summed E-state index contributed by atoms with van der Waals surface area (Å²) >= 11 is 0.967. The number of esters is 2. The maximum absolute atomic E-state index is 12.6. The highest BCUT2D eigenvalue weighted by molar-refractivity contribution is 7.18. The van der Waals surface area contributed by atoms with E-state index in [-0.39, 0.29) is 34.8 Å². The number of amides is 1. The zero-order valence-corrected chi connectivity index (χ0v) is 19.4. The Hall–Kier alpha value is -3.40. The summed E-state index contributed by atoms with van der Waals surface area (Å²) in [5.74, 6) is -1.24. The van der Waals surface area contributed by atoms with Crippen molar-refractivity contribution in [1.82, 2.24) is 9.38 Å². The number of rotatable bonds is 8. The highest BCUT2D eigenvalue weighted by Gasteiger charge is 2.28. The lowest BCUT2D eigenvalue weighted by Gasteiger charge is -2.09. The molecule has 0 unspecified atom stereocenters. The van der Waals surface area contributed by atoms with Crippen LogP contribution in [0.5, 0.6) is 5.75 Å². The van der Waals surface area contributed by atoms with Gasteiger partial charge in [0.1, 0.15) is 9.88 Å². The molecular formula is C22H25N3O6S. The van der Waals surface area contributed by atoms with Gasteiger partial charge in [-0.05, 0) is 52.3 Å². The van der Waals surface area contributed by atoms with Crippen molar-refractivity contribution in [1.29, 1.82) is 0 Å². The number of pyridine rings is 1. The molecule has 9 nitrogen and oxygen atoms in total. The SMILES string of the molecule is CCOC(=O)c1c(NC(=O)COc2cccn3cc(C)nc23)sc(C(=O)OC(C)C)c1C. The van der Waals surface area contributed by atoms with E-state index in [1.807, 2.05) is 19.3 Å². The Morgan fingerprint density at radius 2 is 1.97 bits per heavy atom. The summed E-state index contributed by atoms with van der Waals surface area (Å²) in [4.78, 5) is 42.1. The van der Waals surface area contributed by atoms with E-state index in [1.54, 1.807) is 44.2 Å². The normalized spacial score (nSPS) is 10.9. The molecule has 0 saturated heterocycles. The second-order valence-electron chi connectivity index (χ2n) is 7.26. The van der Waals surface area contributed by atoms with Gasteiger partial charge in [0.15, 0.2) is 18.0 Å². The zero-order chi connectivity index (χ0) is 23.4. The van der Waals surface area contributed by atoms with E-state index in [0.717, 1.165) is 17.0 Å². The fraction of sp³-hybridized carbons (Fsp3) is 0.364. The Bertz CT molecular complexity index is 1160. The third-order valence-electron chi connectivity index (χ3n) is 4.33. The molecule has 1 amide bonds. The molecule has 0 spiro atoms. The fourth-order valence-corrected chi connectivity index (χ4v) is 4.14. The quantitative estimate of drug-likeness (QED) is 0.511. The lowest BCUT2D eigenvalue weighted by Crippen LogP contribution is -2.21. The van der Waals surface area contributed by atoms with E-state index in [0.29, 0.717) is 17.0 Å². The topological polar surface area (TPSA) is 108 Å². The van der Waals surface area contributed by atoms with Crippen molar-refractivity contribution in [3.05, 3.63) is 46.2 Å². The van der Waals surface area contributed by atoms with E-state index in [9.17, 15) is 14.4 Å². The zero-order valence-electron chi connectivity index (χ0n) is 18.6. The van der Waals surface area contributed by atoms with Gasteiger partial charge in [-0.15, -0.1) is 11.3 Å². The summed E-state index contributed by atoms with van der Waals surface area (Å²) in [6.45, 7) is 8.47. The van der Waals surface area contributed by atoms with Gasteiger partial charge in [0.05, 0.1) is 24.0 Å².